The van der Waals surface area contributed by atoms with E-state index in [0.29, 0.717) is 24.7 Å². The molecule has 0 radical (unpaired) electrons. The van der Waals surface area contributed by atoms with E-state index in [1.165, 1.54) is 0 Å². The summed E-state index contributed by atoms with van der Waals surface area (Å²) in [5, 5.41) is 10.8. The molecule has 1 spiro atoms. The van der Waals surface area contributed by atoms with Gasteiger partial charge >= 0.3 is 12.0 Å². The number of rotatable bonds is 5. The normalized spacial score (nSPS) is 23.8. The third-order valence-corrected chi connectivity index (χ3v) is 6.99. The van der Waals surface area contributed by atoms with Crippen molar-refractivity contribution in [1.82, 2.24) is 20.4 Å². The number of esters is 1. The number of carbonyl (C=O) groups excluding carboxylic acids is 3. The Labute approximate surface area is 199 Å². The van der Waals surface area contributed by atoms with Crippen LogP contribution in [0.3, 0.4) is 0 Å². The van der Waals surface area contributed by atoms with Gasteiger partial charge in [0.2, 0.25) is 5.89 Å². The van der Waals surface area contributed by atoms with Gasteiger partial charge in [-0.05, 0) is 63.0 Å². The van der Waals surface area contributed by atoms with Crippen LogP contribution < -0.4 is 5.32 Å². The first-order valence-corrected chi connectivity index (χ1v) is 11.7. The van der Waals surface area contributed by atoms with E-state index in [0.717, 1.165) is 28.9 Å². The number of ether oxygens (including phenoxy) is 1. The van der Waals surface area contributed by atoms with Crippen LogP contribution >= 0.6 is 0 Å². The van der Waals surface area contributed by atoms with E-state index in [-0.39, 0.29) is 17.2 Å². The Morgan fingerprint density at radius 2 is 1.85 bits per heavy atom. The maximum atomic E-state index is 13.1. The largest absolute Gasteiger partial charge is 0.451 e. The third-order valence-electron chi connectivity index (χ3n) is 6.99. The number of hydrogen-bond acceptors (Lipinski definition) is 7. The number of hydrogen-bond donors (Lipinski definition) is 1. The first-order chi connectivity index (χ1) is 16.0. The smallest absolute Gasteiger partial charge is 0.327 e. The lowest BCUT2D eigenvalue weighted by Crippen LogP contribution is -2.50. The summed E-state index contributed by atoms with van der Waals surface area (Å²) < 4.78 is 11.0. The molecule has 4 rings (SSSR count). The number of aryl methyl sites for hydroxylation is 1. The second-order valence-electron chi connectivity index (χ2n) is 10.5. The van der Waals surface area contributed by atoms with E-state index >= 15 is 0 Å². The summed E-state index contributed by atoms with van der Waals surface area (Å²) in [7, 11) is 0. The molecule has 2 aliphatic rings. The van der Waals surface area contributed by atoms with Crippen molar-refractivity contribution in [2.75, 3.05) is 6.54 Å². The number of benzene rings is 1. The van der Waals surface area contributed by atoms with Crippen LogP contribution in [0.15, 0.2) is 28.7 Å². The molecule has 2 heterocycles. The quantitative estimate of drug-likeness (QED) is 0.517. The van der Waals surface area contributed by atoms with Crippen molar-refractivity contribution in [3.05, 3.63) is 35.7 Å². The van der Waals surface area contributed by atoms with E-state index in [9.17, 15) is 14.4 Å². The van der Waals surface area contributed by atoms with Gasteiger partial charge in [0.15, 0.2) is 6.10 Å². The molecule has 1 saturated carbocycles. The molecule has 1 unspecified atom stereocenters. The molecular weight excluding hydrogens is 436 g/mol. The van der Waals surface area contributed by atoms with Crippen LogP contribution in [0.1, 0.15) is 70.9 Å². The standard InChI is InChI=1S/C25H32N4O5/c1-15-6-8-17(9-7-15)21-28-27-20(34-21)16(2)33-19(30)14-29-22(31)25(26-23(29)32)12-10-18(11-13-25)24(3,4)5/h6-9,16,18H,10-14H2,1-5H3,(H,26,32). The van der Waals surface area contributed by atoms with Crippen LogP contribution in [0.4, 0.5) is 4.79 Å². The van der Waals surface area contributed by atoms with Gasteiger partial charge in [0.25, 0.3) is 11.8 Å². The predicted molar refractivity (Wildman–Crippen MR) is 123 cm³/mol. The van der Waals surface area contributed by atoms with Crippen LogP contribution in [0.25, 0.3) is 11.5 Å². The van der Waals surface area contributed by atoms with Gasteiger partial charge in [0, 0.05) is 5.56 Å². The second-order valence-corrected chi connectivity index (χ2v) is 10.5. The first kappa shape index (κ1) is 23.9. The molecule has 1 aliphatic heterocycles. The highest BCUT2D eigenvalue weighted by Gasteiger charge is 2.53. The molecule has 1 atom stereocenters. The molecule has 34 heavy (non-hydrogen) atoms. The number of nitrogens with one attached hydrogen (secondary N) is 1. The highest BCUT2D eigenvalue weighted by atomic mass is 16.6. The summed E-state index contributed by atoms with van der Waals surface area (Å²) in [4.78, 5) is 39.2. The molecule has 182 valence electrons. The molecule has 9 nitrogen and oxygen atoms in total. The van der Waals surface area contributed by atoms with E-state index in [2.05, 4.69) is 36.3 Å². The summed E-state index contributed by atoms with van der Waals surface area (Å²) in [5.74, 6) is -0.125. The highest BCUT2D eigenvalue weighted by molar-refractivity contribution is 6.08. The molecule has 9 heteroatoms. The van der Waals surface area contributed by atoms with Gasteiger partial charge in [-0.3, -0.25) is 14.5 Å². The lowest BCUT2D eigenvalue weighted by atomic mass is 9.67. The lowest BCUT2D eigenvalue weighted by molar-refractivity contribution is -0.153. The van der Waals surface area contributed by atoms with E-state index < -0.39 is 30.2 Å². The van der Waals surface area contributed by atoms with Gasteiger partial charge in [-0.25, -0.2) is 4.79 Å². The van der Waals surface area contributed by atoms with Gasteiger partial charge in [0.1, 0.15) is 12.1 Å². The van der Waals surface area contributed by atoms with Crippen molar-refractivity contribution in [2.24, 2.45) is 11.3 Å². The van der Waals surface area contributed by atoms with Crippen molar-refractivity contribution in [2.45, 2.75) is 71.9 Å². The number of urea groups is 1. The maximum Gasteiger partial charge on any atom is 0.327 e. The number of aromatic nitrogens is 2. The summed E-state index contributed by atoms with van der Waals surface area (Å²) in [6, 6.07) is 7.05. The Balaban J connectivity index is 1.35. The van der Waals surface area contributed by atoms with Crippen LogP contribution in [0.5, 0.6) is 0 Å². The van der Waals surface area contributed by atoms with Crippen molar-refractivity contribution in [1.29, 1.82) is 0 Å². The van der Waals surface area contributed by atoms with Crippen LogP contribution in [0, 0.1) is 18.3 Å². The lowest BCUT2D eigenvalue weighted by Gasteiger charge is -2.40. The van der Waals surface area contributed by atoms with Crippen molar-refractivity contribution in [3.63, 3.8) is 0 Å². The molecule has 1 aromatic heterocycles. The van der Waals surface area contributed by atoms with Gasteiger partial charge in [0.05, 0.1) is 0 Å². The number of nitrogens with zero attached hydrogens (tertiary/aromatic N) is 3. The number of carbonyl (C=O) groups is 3. The topological polar surface area (TPSA) is 115 Å². The molecule has 1 N–H and O–H groups in total. The first-order valence-electron chi connectivity index (χ1n) is 11.7. The molecule has 2 aromatic rings. The van der Waals surface area contributed by atoms with Crippen molar-refractivity contribution >= 4 is 17.9 Å². The van der Waals surface area contributed by atoms with E-state index in [1.54, 1.807) is 6.92 Å². The molecule has 1 aliphatic carbocycles. The zero-order valence-electron chi connectivity index (χ0n) is 20.4. The Hall–Kier alpha value is -3.23. The van der Waals surface area contributed by atoms with Crippen LogP contribution in [-0.2, 0) is 14.3 Å². The van der Waals surface area contributed by atoms with Gasteiger partial charge in [-0.1, -0.05) is 38.5 Å². The van der Waals surface area contributed by atoms with E-state index in [4.69, 9.17) is 9.15 Å². The fourth-order valence-electron chi connectivity index (χ4n) is 4.76. The van der Waals surface area contributed by atoms with Crippen molar-refractivity contribution in [3.8, 4) is 11.5 Å². The van der Waals surface area contributed by atoms with Crippen LogP contribution in [0.2, 0.25) is 0 Å². The minimum Gasteiger partial charge on any atom is -0.451 e. The minimum atomic E-state index is -0.917. The third kappa shape index (κ3) is 4.69. The summed E-state index contributed by atoms with van der Waals surface area (Å²) in [6.45, 7) is 9.71. The maximum absolute atomic E-state index is 13.1. The molecular formula is C25H32N4O5. The Kier molecular flexibility index (Phi) is 6.22. The Morgan fingerprint density at radius 3 is 2.47 bits per heavy atom. The molecule has 1 aromatic carbocycles. The van der Waals surface area contributed by atoms with Gasteiger partial charge in [-0.15, -0.1) is 10.2 Å². The second kappa shape index (κ2) is 8.85. The number of imide groups is 1. The monoisotopic (exact) mass is 468 g/mol. The van der Waals surface area contributed by atoms with Gasteiger partial charge in [-0.2, -0.15) is 0 Å². The zero-order chi connectivity index (χ0) is 24.7. The Morgan fingerprint density at radius 1 is 1.21 bits per heavy atom. The molecule has 1 saturated heterocycles. The SMILES string of the molecule is Cc1ccc(-c2nnc(C(C)OC(=O)CN3C(=O)NC4(CCC(C(C)(C)C)CC4)C3=O)o2)cc1. The average Bonchev–Trinajstić information content (AvgIpc) is 3.34. The fraction of sp³-hybridized carbons (Fsp3) is 0.560. The van der Waals surface area contributed by atoms with Crippen molar-refractivity contribution < 1.29 is 23.5 Å². The fourth-order valence-corrected chi connectivity index (χ4v) is 4.76. The summed E-state index contributed by atoms with van der Waals surface area (Å²) >= 11 is 0. The summed E-state index contributed by atoms with van der Waals surface area (Å²) in [5.41, 5.74) is 1.10. The predicted octanol–water partition coefficient (Wildman–Crippen LogP) is 4.18. The summed E-state index contributed by atoms with van der Waals surface area (Å²) in [6.07, 6.45) is 2.03. The van der Waals surface area contributed by atoms with Gasteiger partial charge < -0.3 is 14.5 Å². The van der Waals surface area contributed by atoms with E-state index in [1.807, 2.05) is 31.2 Å². The molecule has 0 bridgehead atoms. The zero-order valence-corrected chi connectivity index (χ0v) is 20.4. The molecule has 3 amide bonds. The number of amides is 3. The minimum absolute atomic E-state index is 0.137. The average molecular weight is 469 g/mol. The molecule has 2 fully saturated rings. The highest BCUT2D eigenvalue weighted by Crippen LogP contribution is 2.43. The van der Waals surface area contributed by atoms with Crippen LogP contribution in [-0.4, -0.2) is 45.1 Å². The Bertz CT molecular complexity index is 1080.